The lowest BCUT2D eigenvalue weighted by molar-refractivity contribution is -0.137. The van der Waals surface area contributed by atoms with Crippen molar-refractivity contribution in [1.29, 1.82) is 0 Å². The summed E-state index contributed by atoms with van der Waals surface area (Å²) in [7, 11) is 1.42. The van der Waals surface area contributed by atoms with Gasteiger partial charge < -0.3 is 20.3 Å². The maximum atomic E-state index is 12.5. The Hall–Kier alpha value is -2.78. The van der Waals surface area contributed by atoms with Crippen molar-refractivity contribution < 1.29 is 32.3 Å². The molecule has 28 heavy (non-hydrogen) atoms. The smallest absolute Gasteiger partial charge is 0.416 e. The number of likely N-dealkylation sites (N-methyl/N-ethyl adjacent to an activating group) is 1. The molecule has 0 spiro atoms. The zero-order chi connectivity index (χ0) is 21.5. The molecule has 1 aromatic rings. The van der Waals surface area contributed by atoms with Crippen molar-refractivity contribution in [2.75, 3.05) is 26.7 Å². The third-order valence-corrected chi connectivity index (χ3v) is 3.29. The number of amides is 3. The lowest BCUT2D eigenvalue weighted by atomic mass is 10.1. The summed E-state index contributed by atoms with van der Waals surface area (Å²) >= 11 is 0. The normalized spacial score (nSPS) is 11.5. The van der Waals surface area contributed by atoms with Crippen molar-refractivity contribution in [2.45, 2.75) is 32.5 Å². The highest BCUT2D eigenvalue weighted by Gasteiger charge is 2.30. The van der Waals surface area contributed by atoms with Gasteiger partial charge in [-0.25, -0.2) is 4.79 Å². The number of carbonyl (C=O) groups excluding carboxylic acids is 3. The first-order valence-corrected chi connectivity index (χ1v) is 8.46. The Labute approximate surface area is 161 Å². The molecular formula is C18H24F3N3O4. The number of benzene rings is 1. The molecule has 10 heteroatoms. The van der Waals surface area contributed by atoms with Crippen LogP contribution in [0.15, 0.2) is 24.3 Å². The van der Waals surface area contributed by atoms with Crippen LogP contribution in [0.5, 0.6) is 0 Å². The van der Waals surface area contributed by atoms with E-state index in [-0.39, 0.29) is 25.2 Å². The van der Waals surface area contributed by atoms with Crippen molar-refractivity contribution in [3.8, 4) is 0 Å². The third kappa shape index (κ3) is 8.28. The molecule has 0 saturated heterocycles. The molecule has 0 unspecified atom stereocenters. The number of alkyl halides is 3. The van der Waals surface area contributed by atoms with Gasteiger partial charge in [0.2, 0.25) is 5.91 Å². The van der Waals surface area contributed by atoms with E-state index in [1.807, 2.05) is 0 Å². The predicted molar refractivity (Wildman–Crippen MR) is 95.7 cm³/mol. The van der Waals surface area contributed by atoms with Gasteiger partial charge in [0.05, 0.1) is 5.56 Å². The molecule has 0 aliphatic rings. The van der Waals surface area contributed by atoms with E-state index in [4.69, 9.17) is 4.74 Å². The van der Waals surface area contributed by atoms with E-state index in [2.05, 4.69) is 10.6 Å². The Balaban J connectivity index is 2.35. The molecule has 1 aromatic carbocycles. The average molecular weight is 403 g/mol. The van der Waals surface area contributed by atoms with Crippen molar-refractivity contribution in [1.82, 2.24) is 15.5 Å². The van der Waals surface area contributed by atoms with Gasteiger partial charge in [0.15, 0.2) is 0 Å². The van der Waals surface area contributed by atoms with Crippen molar-refractivity contribution in [3.63, 3.8) is 0 Å². The van der Waals surface area contributed by atoms with Gasteiger partial charge in [0.25, 0.3) is 5.91 Å². The number of rotatable bonds is 6. The van der Waals surface area contributed by atoms with Crippen LogP contribution in [0.2, 0.25) is 0 Å². The van der Waals surface area contributed by atoms with E-state index < -0.39 is 35.2 Å². The first-order chi connectivity index (χ1) is 12.8. The van der Waals surface area contributed by atoms with Gasteiger partial charge in [0.1, 0.15) is 12.1 Å². The summed E-state index contributed by atoms with van der Waals surface area (Å²) in [4.78, 5) is 36.5. The zero-order valence-corrected chi connectivity index (χ0v) is 16.1. The molecule has 0 aromatic heterocycles. The van der Waals surface area contributed by atoms with Gasteiger partial charge >= 0.3 is 12.3 Å². The fraction of sp³-hybridized carbons (Fsp3) is 0.500. The van der Waals surface area contributed by atoms with Gasteiger partial charge in [0, 0.05) is 25.7 Å². The van der Waals surface area contributed by atoms with Crippen LogP contribution in [-0.4, -0.2) is 55.1 Å². The summed E-state index contributed by atoms with van der Waals surface area (Å²) in [6, 6.07) is 3.80. The van der Waals surface area contributed by atoms with Crippen LogP contribution in [-0.2, 0) is 15.7 Å². The highest BCUT2D eigenvalue weighted by Crippen LogP contribution is 2.29. The maximum absolute atomic E-state index is 12.5. The van der Waals surface area contributed by atoms with Crippen LogP contribution in [0.25, 0.3) is 0 Å². The Morgan fingerprint density at radius 3 is 2.04 bits per heavy atom. The molecule has 0 heterocycles. The molecule has 2 N–H and O–H groups in total. The molecule has 0 aliphatic heterocycles. The van der Waals surface area contributed by atoms with E-state index in [9.17, 15) is 27.6 Å². The monoisotopic (exact) mass is 403 g/mol. The molecule has 156 valence electrons. The summed E-state index contributed by atoms with van der Waals surface area (Å²) in [5.74, 6) is -1.01. The van der Waals surface area contributed by atoms with Crippen LogP contribution in [0.3, 0.4) is 0 Å². The van der Waals surface area contributed by atoms with Crippen molar-refractivity contribution in [3.05, 3.63) is 35.4 Å². The summed E-state index contributed by atoms with van der Waals surface area (Å²) < 4.78 is 42.6. The standard InChI is InChI=1S/C18H24F3N3O4/c1-17(2,3)28-16(27)24(4)11-14(25)22-9-10-23-15(26)12-5-7-13(8-6-12)18(19,20)21/h5-8H,9-11H2,1-4H3,(H,22,25)(H,23,26). The molecule has 0 bridgehead atoms. The van der Waals surface area contributed by atoms with Gasteiger partial charge in [-0.2, -0.15) is 13.2 Å². The Kier molecular flexibility index (Phi) is 7.83. The molecule has 0 atom stereocenters. The van der Waals surface area contributed by atoms with Crippen LogP contribution in [0, 0.1) is 0 Å². The van der Waals surface area contributed by atoms with E-state index in [1.165, 1.54) is 7.05 Å². The lowest BCUT2D eigenvalue weighted by Crippen LogP contribution is -2.42. The van der Waals surface area contributed by atoms with E-state index in [0.717, 1.165) is 29.2 Å². The molecule has 0 radical (unpaired) electrons. The van der Waals surface area contributed by atoms with Crippen LogP contribution >= 0.6 is 0 Å². The molecule has 3 amide bonds. The minimum atomic E-state index is -4.47. The highest BCUT2D eigenvalue weighted by atomic mass is 19.4. The molecule has 0 fully saturated rings. The van der Waals surface area contributed by atoms with E-state index >= 15 is 0 Å². The SMILES string of the molecule is CN(CC(=O)NCCNC(=O)c1ccc(C(F)(F)F)cc1)C(=O)OC(C)(C)C. The van der Waals surface area contributed by atoms with Gasteiger partial charge in [-0.1, -0.05) is 0 Å². The minimum Gasteiger partial charge on any atom is -0.444 e. The largest absolute Gasteiger partial charge is 0.444 e. The Bertz CT molecular complexity index is 698. The summed E-state index contributed by atoms with van der Waals surface area (Å²) in [6.45, 7) is 5.06. The predicted octanol–water partition coefficient (Wildman–Crippen LogP) is 2.42. The fourth-order valence-electron chi connectivity index (χ4n) is 1.97. The molecule has 1 rings (SSSR count). The second kappa shape index (κ2) is 9.43. The topological polar surface area (TPSA) is 87.7 Å². The maximum Gasteiger partial charge on any atom is 0.416 e. The van der Waals surface area contributed by atoms with E-state index in [0.29, 0.717) is 0 Å². The number of hydrogen-bond donors (Lipinski definition) is 2. The fourth-order valence-corrected chi connectivity index (χ4v) is 1.97. The number of nitrogens with one attached hydrogen (secondary N) is 2. The molecular weight excluding hydrogens is 379 g/mol. The minimum absolute atomic E-state index is 0.0712. The van der Waals surface area contributed by atoms with Gasteiger partial charge in [-0.3, -0.25) is 9.59 Å². The van der Waals surface area contributed by atoms with Crippen LogP contribution in [0.4, 0.5) is 18.0 Å². The first kappa shape index (κ1) is 23.3. The highest BCUT2D eigenvalue weighted by molar-refractivity contribution is 5.94. The second-order valence-electron chi connectivity index (χ2n) is 7.02. The molecule has 0 aliphatic carbocycles. The third-order valence-electron chi connectivity index (χ3n) is 3.29. The summed E-state index contributed by atoms with van der Waals surface area (Å²) in [6.07, 6.45) is -5.11. The Morgan fingerprint density at radius 2 is 1.54 bits per heavy atom. The second-order valence-corrected chi connectivity index (χ2v) is 7.02. The number of carbonyl (C=O) groups is 3. The molecule has 0 saturated carbocycles. The van der Waals surface area contributed by atoms with Crippen LogP contribution in [0.1, 0.15) is 36.7 Å². The van der Waals surface area contributed by atoms with E-state index in [1.54, 1.807) is 20.8 Å². The number of nitrogens with zero attached hydrogens (tertiary/aromatic N) is 1. The first-order valence-electron chi connectivity index (χ1n) is 8.46. The van der Waals surface area contributed by atoms with Crippen molar-refractivity contribution in [2.24, 2.45) is 0 Å². The molecule has 7 nitrogen and oxygen atoms in total. The van der Waals surface area contributed by atoms with Gasteiger partial charge in [-0.05, 0) is 45.0 Å². The van der Waals surface area contributed by atoms with Crippen LogP contribution < -0.4 is 10.6 Å². The van der Waals surface area contributed by atoms with Gasteiger partial charge in [-0.15, -0.1) is 0 Å². The summed E-state index contributed by atoms with van der Waals surface area (Å²) in [5.41, 5.74) is -1.45. The Morgan fingerprint density at radius 1 is 1.00 bits per heavy atom. The number of hydrogen-bond acceptors (Lipinski definition) is 4. The van der Waals surface area contributed by atoms with Crippen molar-refractivity contribution >= 4 is 17.9 Å². The zero-order valence-electron chi connectivity index (χ0n) is 16.1. The summed E-state index contributed by atoms with van der Waals surface area (Å²) in [5, 5.41) is 4.99. The number of ether oxygens (including phenoxy) is 1. The lowest BCUT2D eigenvalue weighted by Gasteiger charge is -2.24. The average Bonchev–Trinajstić information content (AvgIpc) is 2.56. The number of halogens is 3. The quantitative estimate of drug-likeness (QED) is 0.714.